The van der Waals surface area contributed by atoms with Gasteiger partial charge in [-0.25, -0.2) is 9.78 Å². The van der Waals surface area contributed by atoms with Crippen LogP contribution in [0, 0.1) is 0 Å². The number of carbonyl (C=O) groups is 1. The van der Waals surface area contributed by atoms with Crippen molar-refractivity contribution in [3.8, 4) is 23.1 Å². The topological polar surface area (TPSA) is 112 Å². The maximum absolute atomic E-state index is 12.2. The number of amides is 1. The molecular weight excluding hydrogens is 450 g/mol. The zero-order chi connectivity index (χ0) is 23.5. The Bertz CT molecular complexity index is 1100. The number of benzene rings is 1. The maximum Gasteiger partial charge on any atom is 0.410 e. The number of hydrogen-bond donors (Lipinski definition) is 2. The third-order valence-electron chi connectivity index (χ3n) is 5.76. The van der Waals surface area contributed by atoms with Gasteiger partial charge in [-0.15, -0.1) is 0 Å². The zero-order valence-corrected chi connectivity index (χ0v) is 19.8. The molecule has 0 aliphatic carbocycles. The highest BCUT2D eigenvalue weighted by Gasteiger charge is 2.37. The lowest BCUT2D eigenvalue weighted by Crippen LogP contribution is -3.15. The summed E-state index contributed by atoms with van der Waals surface area (Å²) < 4.78 is 23.2. The maximum atomic E-state index is 12.2. The normalized spacial score (nSPS) is 15.5. The van der Waals surface area contributed by atoms with E-state index in [1.54, 1.807) is 33.2 Å². The molecule has 0 bridgehead atoms. The van der Waals surface area contributed by atoms with Crippen molar-refractivity contribution >= 4 is 22.4 Å². The molecule has 178 valence electrons. The summed E-state index contributed by atoms with van der Waals surface area (Å²) in [4.78, 5) is 20.6. The predicted octanol–water partition coefficient (Wildman–Crippen LogP) is 0.969. The molecule has 3 heterocycles. The molecule has 1 aliphatic rings. The van der Waals surface area contributed by atoms with Crippen LogP contribution in [0.25, 0.3) is 4.96 Å². The van der Waals surface area contributed by atoms with Crippen LogP contribution in [0.4, 0.5) is 4.79 Å². The van der Waals surface area contributed by atoms with Gasteiger partial charge in [-0.2, -0.15) is 9.61 Å². The van der Waals surface area contributed by atoms with Crippen LogP contribution in [0.3, 0.4) is 0 Å². The van der Waals surface area contributed by atoms with Crippen molar-refractivity contribution < 1.29 is 33.7 Å². The fourth-order valence-corrected chi connectivity index (χ4v) is 5.32. The van der Waals surface area contributed by atoms with Gasteiger partial charge in [0, 0.05) is 5.56 Å². The number of methoxy groups -OCH3 is 3. The number of fused-ring (bicyclic) bond motifs is 1. The Morgan fingerprint density at radius 1 is 1.18 bits per heavy atom. The molecule has 2 aromatic heterocycles. The number of nitrogens with one attached hydrogen (secondary N) is 1. The second-order valence-electron chi connectivity index (χ2n) is 7.48. The lowest BCUT2D eigenvalue weighted by atomic mass is 10.0. The van der Waals surface area contributed by atoms with Crippen LogP contribution in [0.1, 0.15) is 23.4 Å². The molecule has 0 unspecified atom stereocenters. The van der Waals surface area contributed by atoms with E-state index in [2.05, 4.69) is 10.1 Å². The summed E-state index contributed by atoms with van der Waals surface area (Å²) in [7, 11) is 4.70. The van der Waals surface area contributed by atoms with Crippen molar-refractivity contribution in [1.29, 1.82) is 0 Å². The third kappa shape index (κ3) is 4.23. The van der Waals surface area contributed by atoms with Crippen LogP contribution in [0.15, 0.2) is 18.5 Å². The molecule has 1 amide bonds. The number of nitrogens with zero attached hydrogens (tertiary/aromatic N) is 4. The summed E-state index contributed by atoms with van der Waals surface area (Å²) >= 11 is 1.38. The van der Waals surface area contributed by atoms with Crippen LogP contribution >= 0.6 is 11.3 Å². The summed E-state index contributed by atoms with van der Waals surface area (Å²) in [5, 5.41) is 15.1. The second-order valence-corrected chi connectivity index (χ2v) is 8.49. The van der Waals surface area contributed by atoms with Gasteiger partial charge in [0.25, 0.3) is 0 Å². The minimum absolute atomic E-state index is 0.0478. The van der Waals surface area contributed by atoms with E-state index < -0.39 is 0 Å². The molecule has 1 aliphatic heterocycles. The molecule has 33 heavy (non-hydrogen) atoms. The predicted molar refractivity (Wildman–Crippen MR) is 120 cm³/mol. The average molecular weight is 479 g/mol. The van der Waals surface area contributed by atoms with Crippen LogP contribution < -0.4 is 19.1 Å². The number of hydrogen-bond acceptors (Lipinski definition) is 9. The molecule has 12 heteroatoms. The Kier molecular flexibility index (Phi) is 6.75. The Hall–Kier alpha value is -3.25. The minimum Gasteiger partial charge on any atom is -0.493 e. The van der Waals surface area contributed by atoms with Crippen molar-refractivity contribution in [3.05, 3.63) is 28.9 Å². The Morgan fingerprint density at radius 2 is 1.85 bits per heavy atom. The van der Waals surface area contributed by atoms with Crippen molar-refractivity contribution in [1.82, 2.24) is 19.5 Å². The van der Waals surface area contributed by atoms with E-state index in [1.807, 2.05) is 12.1 Å². The molecule has 2 N–H and O–H groups in total. The van der Waals surface area contributed by atoms with Gasteiger partial charge in [-0.05, 0) is 19.1 Å². The molecule has 0 radical (unpaired) electrons. The summed E-state index contributed by atoms with van der Waals surface area (Å²) in [5.41, 5.74) is 0.879. The number of quaternary nitrogens is 1. The van der Waals surface area contributed by atoms with Crippen molar-refractivity contribution in [2.75, 3.05) is 54.1 Å². The van der Waals surface area contributed by atoms with E-state index in [0.29, 0.717) is 55.0 Å². The van der Waals surface area contributed by atoms with E-state index in [9.17, 15) is 9.90 Å². The number of rotatable bonds is 7. The average Bonchev–Trinajstić information content (AvgIpc) is 3.42. The number of carbonyl (C=O) groups excluding carboxylic acids is 1. The van der Waals surface area contributed by atoms with E-state index in [-0.39, 0.29) is 18.0 Å². The summed E-state index contributed by atoms with van der Waals surface area (Å²) in [6.07, 6.45) is 1.11. The van der Waals surface area contributed by atoms with Gasteiger partial charge in [0.15, 0.2) is 17.5 Å². The molecule has 1 aromatic carbocycles. The Morgan fingerprint density at radius 3 is 2.39 bits per heavy atom. The van der Waals surface area contributed by atoms with Crippen LogP contribution in [0.2, 0.25) is 0 Å². The smallest absolute Gasteiger partial charge is 0.410 e. The first kappa shape index (κ1) is 22.9. The number of piperazine rings is 1. The first-order valence-corrected chi connectivity index (χ1v) is 11.4. The molecule has 11 nitrogen and oxygen atoms in total. The van der Waals surface area contributed by atoms with Crippen molar-refractivity contribution in [3.63, 3.8) is 0 Å². The Labute approximate surface area is 195 Å². The highest BCUT2D eigenvalue weighted by molar-refractivity contribution is 7.17. The van der Waals surface area contributed by atoms with Gasteiger partial charge in [0.1, 0.15) is 11.2 Å². The van der Waals surface area contributed by atoms with Gasteiger partial charge < -0.3 is 29.0 Å². The van der Waals surface area contributed by atoms with E-state index in [1.165, 1.54) is 27.1 Å². The molecule has 1 atom stereocenters. The highest BCUT2D eigenvalue weighted by Crippen LogP contribution is 2.42. The first-order chi connectivity index (χ1) is 16.0. The Balaban J connectivity index is 1.76. The summed E-state index contributed by atoms with van der Waals surface area (Å²) in [5.74, 6) is 1.60. The molecule has 4 rings (SSSR count). The SMILES string of the molecule is CCOC(=O)N1CC[NH+]([C@@H](c2cc(OC)c(OC)c(OC)c2)c2sc3ncnn3c2O)CC1. The van der Waals surface area contributed by atoms with Crippen LogP contribution in [0.5, 0.6) is 23.1 Å². The number of aromatic nitrogens is 3. The highest BCUT2D eigenvalue weighted by atomic mass is 32.1. The van der Waals surface area contributed by atoms with Crippen molar-refractivity contribution in [2.24, 2.45) is 0 Å². The van der Waals surface area contributed by atoms with Gasteiger partial charge >= 0.3 is 6.09 Å². The lowest BCUT2D eigenvalue weighted by molar-refractivity contribution is -0.929. The van der Waals surface area contributed by atoms with E-state index in [4.69, 9.17) is 18.9 Å². The zero-order valence-electron chi connectivity index (χ0n) is 19.0. The second kappa shape index (κ2) is 9.71. The molecular formula is C21H28N5O6S+. The fourth-order valence-electron chi connectivity index (χ4n) is 4.20. The molecule has 0 saturated carbocycles. The van der Waals surface area contributed by atoms with E-state index >= 15 is 0 Å². The largest absolute Gasteiger partial charge is 0.493 e. The quantitative estimate of drug-likeness (QED) is 0.517. The lowest BCUT2D eigenvalue weighted by Gasteiger charge is -2.36. The molecule has 1 saturated heterocycles. The first-order valence-electron chi connectivity index (χ1n) is 10.6. The molecule has 3 aromatic rings. The third-order valence-corrected chi connectivity index (χ3v) is 6.86. The fraction of sp³-hybridized carbons (Fsp3) is 0.476. The molecule has 0 spiro atoms. The van der Waals surface area contributed by atoms with Gasteiger partial charge in [0.05, 0.1) is 54.1 Å². The van der Waals surface area contributed by atoms with Gasteiger partial charge in [-0.3, -0.25) is 4.90 Å². The number of ether oxygens (including phenoxy) is 4. The molecule has 1 fully saturated rings. The summed E-state index contributed by atoms with van der Waals surface area (Å²) in [6.45, 7) is 4.54. The van der Waals surface area contributed by atoms with Crippen LogP contribution in [-0.2, 0) is 4.74 Å². The van der Waals surface area contributed by atoms with Crippen LogP contribution in [-0.4, -0.2) is 84.8 Å². The van der Waals surface area contributed by atoms with Gasteiger partial charge in [-0.1, -0.05) is 11.3 Å². The summed E-state index contributed by atoms with van der Waals surface area (Å²) in [6, 6.07) is 3.52. The van der Waals surface area contributed by atoms with E-state index in [0.717, 1.165) is 10.4 Å². The van der Waals surface area contributed by atoms with Gasteiger partial charge in [0.2, 0.25) is 16.6 Å². The minimum atomic E-state index is -0.303. The monoisotopic (exact) mass is 478 g/mol. The number of thiazole rings is 1. The number of aromatic hydroxyl groups is 1. The van der Waals surface area contributed by atoms with Crippen molar-refractivity contribution in [2.45, 2.75) is 13.0 Å². The standard InChI is InChI=1S/C21H27N5O6S/c1-5-32-21(28)25-8-6-24(7-9-25)16(18-19(27)26-20(33-18)22-12-23-26)13-10-14(29-2)17(31-4)15(11-13)30-3/h10-12,16,27H,5-9H2,1-4H3/p+1/t16-/m0/s1.